The van der Waals surface area contributed by atoms with Gasteiger partial charge in [0.1, 0.15) is 0 Å². The minimum atomic E-state index is -0.163. The van der Waals surface area contributed by atoms with Crippen molar-refractivity contribution in [3.05, 3.63) is 59.7 Å². The van der Waals surface area contributed by atoms with E-state index in [4.69, 9.17) is 0 Å². The van der Waals surface area contributed by atoms with Gasteiger partial charge in [-0.05, 0) is 37.1 Å². The van der Waals surface area contributed by atoms with E-state index in [2.05, 4.69) is 46.3 Å². The molecule has 6 heteroatoms. The molecule has 158 valence electrons. The Labute approximate surface area is 178 Å². The predicted octanol–water partition coefficient (Wildman–Crippen LogP) is 2.88. The second kappa shape index (κ2) is 8.98. The molecule has 30 heavy (non-hydrogen) atoms. The quantitative estimate of drug-likeness (QED) is 0.848. The first-order valence-corrected chi connectivity index (χ1v) is 10.7. The highest BCUT2D eigenvalue weighted by Gasteiger charge is 2.31. The third-order valence-electron chi connectivity index (χ3n) is 6.11. The van der Waals surface area contributed by atoms with Crippen molar-refractivity contribution in [2.45, 2.75) is 32.9 Å². The number of hydrogen-bond acceptors (Lipinski definition) is 4. The van der Waals surface area contributed by atoms with E-state index in [9.17, 15) is 9.59 Å². The van der Waals surface area contributed by atoms with Gasteiger partial charge in [0.2, 0.25) is 11.8 Å². The van der Waals surface area contributed by atoms with Crippen molar-refractivity contribution >= 4 is 23.2 Å². The van der Waals surface area contributed by atoms with Crippen LogP contribution in [-0.2, 0) is 16.1 Å². The molecule has 1 N–H and O–H groups in total. The van der Waals surface area contributed by atoms with Gasteiger partial charge in [-0.1, -0.05) is 36.4 Å². The molecule has 1 atom stereocenters. The number of rotatable bonds is 4. The maximum Gasteiger partial charge on any atom is 0.241 e. The normalized spacial score (nSPS) is 20.4. The monoisotopic (exact) mass is 406 g/mol. The molecule has 2 amide bonds. The average Bonchev–Trinajstić information content (AvgIpc) is 2.85. The van der Waals surface area contributed by atoms with E-state index in [0.29, 0.717) is 18.7 Å². The summed E-state index contributed by atoms with van der Waals surface area (Å²) >= 11 is 0. The third-order valence-corrected chi connectivity index (χ3v) is 6.11. The molecule has 2 aromatic rings. The minimum Gasteiger partial charge on any atom is -0.324 e. The van der Waals surface area contributed by atoms with E-state index >= 15 is 0 Å². The molecule has 2 aromatic carbocycles. The van der Waals surface area contributed by atoms with E-state index in [1.165, 1.54) is 11.1 Å². The van der Waals surface area contributed by atoms with Crippen molar-refractivity contribution in [3.8, 4) is 0 Å². The van der Waals surface area contributed by atoms with Gasteiger partial charge in [0.25, 0.3) is 0 Å². The molecule has 0 aromatic heterocycles. The lowest BCUT2D eigenvalue weighted by Gasteiger charge is -2.36. The number of aryl methyl sites for hydroxylation is 1. The van der Waals surface area contributed by atoms with Crippen LogP contribution in [0, 0.1) is 6.92 Å². The van der Waals surface area contributed by atoms with Crippen LogP contribution < -0.4 is 10.2 Å². The summed E-state index contributed by atoms with van der Waals surface area (Å²) < 4.78 is 0. The highest BCUT2D eigenvalue weighted by atomic mass is 16.2. The molecule has 0 saturated carbocycles. The van der Waals surface area contributed by atoms with Gasteiger partial charge >= 0.3 is 0 Å². The summed E-state index contributed by atoms with van der Waals surface area (Å²) in [5.74, 6) is 0.00822. The van der Waals surface area contributed by atoms with Crippen LogP contribution in [0.5, 0.6) is 0 Å². The van der Waals surface area contributed by atoms with Crippen molar-refractivity contribution < 1.29 is 9.59 Å². The van der Waals surface area contributed by atoms with Gasteiger partial charge in [0.05, 0.1) is 17.9 Å². The van der Waals surface area contributed by atoms with Crippen LogP contribution in [0.25, 0.3) is 0 Å². The average molecular weight is 407 g/mol. The summed E-state index contributed by atoms with van der Waals surface area (Å²) in [6.07, 6.45) is 0.310. The van der Waals surface area contributed by atoms with Crippen molar-refractivity contribution in [2.75, 3.05) is 42.9 Å². The topological polar surface area (TPSA) is 55.9 Å². The molecule has 0 bridgehead atoms. The summed E-state index contributed by atoms with van der Waals surface area (Å²) in [7, 11) is 0. The molecule has 1 fully saturated rings. The molecule has 1 saturated heterocycles. The zero-order valence-electron chi connectivity index (χ0n) is 17.8. The number of carbonyl (C=O) groups excluding carboxylic acids is 2. The first-order chi connectivity index (χ1) is 14.5. The van der Waals surface area contributed by atoms with Gasteiger partial charge < -0.3 is 10.2 Å². The molecular weight excluding hydrogens is 376 g/mol. The summed E-state index contributed by atoms with van der Waals surface area (Å²) in [4.78, 5) is 31.9. The maximum absolute atomic E-state index is 13.2. The first-order valence-electron chi connectivity index (χ1n) is 10.7. The number of fused-ring (bicyclic) bond motifs is 1. The van der Waals surface area contributed by atoms with Gasteiger partial charge in [0, 0.05) is 45.2 Å². The lowest BCUT2D eigenvalue weighted by molar-refractivity contribution is -0.120. The molecule has 4 rings (SSSR count). The van der Waals surface area contributed by atoms with Crippen LogP contribution in [-0.4, -0.2) is 60.4 Å². The van der Waals surface area contributed by atoms with Crippen molar-refractivity contribution in [1.29, 1.82) is 0 Å². The van der Waals surface area contributed by atoms with E-state index in [1.807, 2.05) is 31.2 Å². The number of nitrogens with zero attached hydrogens (tertiary/aromatic N) is 3. The number of benzene rings is 2. The van der Waals surface area contributed by atoms with Gasteiger partial charge in [-0.2, -0.15) is 0 Å². The Morgan fingerprint density at radius 3 is 2.43 bits per heavy atom. The van der Waals surface area contributed by atoms with E-state index in [-0.39, 0.29) is 17.9 Å². The summed E-state index contributed by atoms with van der Waals surface area (Å²) in [5.41, 5.74) is 4.20. The summed E-state index contributed by atoms with van der Waals surface area (Å²) in [6.45, 7) is 9.09. The lowest BCUT2D eigenvalue weighted by atomic mass is 10.1. The van der Waals surface area contributed by atoms with Crippen LogP contribution in [0.3, 0.4) is 0 Å². The number of nitrogens with one attached hydrogen (secondary N) is 1. The molecule has 0 aliphatic carbocycles. The summed E-state index contributed by atoms with van der Waals surface area (Å²) in [6, 6.07) is 15.9. The number of amides is 2. The Kier molecular flexibility index (Phi) is 6.16. The van der Waals surface area contributed by atoms with Gasteiger partial charge in [-0.3, -0.25) is 19.4 Å². The number of hydrogen-bond donors (Lipinski definition) is 1. The second-order valence-corrected chi connectivity index (χ2v) is 8.36. The Hall–Kier alpha value is -2.70. The number of carbonyl (C=O) groups is 2. The van der Waals surface area contributed by atoms with Gasteiger partial charge in [0.15, 0.2) is 0 Å². The van der Waals surface area contributed by atoms with Crippen molar-refractivity contribution in [2.24, 2.45) is 0 Å². The number of anilines is 2. The molecule has 2 heterocycles. The van der Waals surface area contributed by atoms with Crippen LogP contribution >= 0.6 is 0 Å². The smallest absolute Gasteiger partial charge is 0.241 e. The van der Waals surface area contributed by atoms with Gasteiger partial charge in [-0.15, -0.1) is 0 Å². The van der Waals surface area contributed by atoms with Crippen LogP contribution in [0.1, 0.15) is 24.5 Å². The lowest BCUT2D eigenvalue weighted by Crippen LogP contribution is -2.51. The zero-order valence-corrected chi connectivity index (χ0v) is 17.8. The molecule has 0 unspecified atom stereocenters. The molecule has 2 aliphatic heterocycles. The highest BCUT2D eigenvalue weighted by Crippen LogP contribution is 2.31. The SMILES string of the molecule is Cc1ccccc1CN1CCN(CC(=O)N2c3ccccc3NC(=O)C[C@H]2C)CC1. The van der Waals surface area contributed by atoms with Crippen molar-refractivity contribution in [3.63, 3.8) is 0 Å². The fourth-order valence-electron chi connectivity index (χ4n) is 4.37. The minimum absolute atomic E-state index is 0.0462. The molecule has 0 radical (unpaired) electrons. The standard InChI is InChI=1S/C24H30N4O2/c1-18-7-3-4-8-20(18)16-26-11-13-27(14-12-26)17-24(30)28-19(2)15-23(29)25-21-9-5-6-10-22(21)28/h3-10,19H,11-17H2,1-2H3,(H,25,29)/t19-/m1/s1. The van der Waals surface area contributed by atoms with Crippen LogP contribution in [0.4, 0.5) is 11.4 Å². The van der Waals surface area contributed by atoms with E-state index in [0.717, 1.165) is 38.4 Å². The molecule has 0 spiro atoms. The van der Waals surface area contributed by atoms with Gasteiger partial charge in [-0.25, -0.2) is 0 Å². The highest BCUT2D eigenvalue weighted by molar-refractivity contribution is 6.04. The fraction of sp³-hybridized carbons (Fsp3) is 0.417. The third kappa shape index (κ3) is 4.55. The van der Waals surface area contributed by atoms with Crippen molar-refractivity contribution in [1.82, 2.24) is 9.80 Å². The largest absolute Gasteiger partial charge is 0.324 e. The number of para-hydroxylation sites is 2. The molecule has 6 nitrogen and oxygen atoms in total. The fourth-order valence-corrected chi connectivity index (χ4v) is 4.37. The Morgan fingerprint density at radius 2 is 1.67 bits per heavy atom. The van der Waals surface area contributed by atoms with E-state index in [1.54, 1.807) is 4.90 Å². The zero-order chi connectivity index (χ0) is 21.1. The van der Waals surface area contributed by atoms with Crippen LogP contribution in [0.15, 0.2) is 48.5 Å². The Morgan fingerprint density at radius 1 is 1.00 bits per heavy atom. The predicted molar refractivity (Wildman–Crippen MR) is 120 cm³/mol. The second-order valence-electron chi connectivity index (χ2n) is 8.36. The Balaban J connectivity index is 1.38. The van der Waals surface area contributed by atoms with E-state index < -0.39 is 0 Å². The van der Waals surface area contributed by atoms with Crippen LogP contribution in [0.2, 0.25) is 0 Å². The number of piperazine rings is 1. The Bertz CT molecular complexity index is 921. The maximum atomic E-state index is 13.2. The molecular formula is C24H30N4O2. The first kappa shape index (κ1) is 20.6. The molecule has 2 aliphatic rings. The summed E-state index contributed by atoms with van der Waals surface area (Å²) in [5, 5.41) is 2.92.